The average Bonchev–Trinajstić information content (AvgIpc) is 2.96. The molecule has 2 N–H and O–H groups in total. The van der Waals surface area contributed by atoms with Crippen molar-refractivity contribution in [2.24, 2.45) is 5.73 Å². The van der Waals surface area contributed by atoms with Crippen molar-refractivity contribution >= 4 is 15.9 Å². The molecule has 0 aliphatic heterocycles. The van der Waals surface area contributed by atoms with Gasteiger partial charge >= 0.3 is 0 Å². The summed E-state index contributed by atoms with van der Waals surface area (Å²) in [5, 5.41) is 12.6. The maximum absolute atomic E-state index is 5.53. The molecule has 98 valence electrons. The Balaban J connectivity index is 2.29. The van der Waals surface area contributed by atoms with E-state index in [2.05, 4.69) is 45.2 Å². The summed E-state index contributed by atoms with van der Waals surface area (Å²) in [6.07, 6.45) is 2.77. The summed E-state index contributed by atoms with van der Waals surface area (Å²) in [4.78, 5) is 0. The van der Waals surface area contributed by atoms with E-state index in [1.807, 2.05) is 10.9 Å². The van der Waals surface area contributed by atoms with Crippen molar-refractivity contribution in [3.05, 3.63) is 27.8 Å². The smallest absolute Gasteiger partial charge is 0.0962 e. The minimum atomic E-state index is 0.411. The Morgan fingerprint density at radius 3 is 2.72 bits per heavy atom. The van der Waals surface area contributed by atoms with E-state index in [0.717, 1.165) is 34.5 Å². The van der Waals surface area contributed by atoms with Gasteiger partial charge in [-0.1, -0.05) is 12.1 Å². The van der Waals surface area contributed by atoms with Crippen LogP contribution in [0.3, 0.4) is 0 Å². The second-order valence-corrected chi connectivity index (χ2v) is 4.78. The number of aryl methyl sites for hydroxylation is 2. The molecule has 0 atom stereocenters. The Bertz CT molecular complexity index is 530. The third kappa shape index (κ3) is 2.46. The molecule has 7 heteroatoms. The molecule has 2 rings (SSSR count). The van der Waals surface area contributed by atoms with Gasteiger partial charge in [-0.25, -0.2) is 4.68 Å². The molecule has 2 aromatic rings. The van der Waals surface area contributed by atoms with Crippen LogP contribution >= 0.6 is 15.9 Å². The molecule has 0 fully saturated rings. The minimum absolute atomic E-state index is 0.411. The first-order valence-corrected chi connectivity index (χ1v) is 6.82. The predicted octanol–water partition coefficient (Wildman–Crippen LogP) is 1.33. The fourth-order valence-corrected chi connectivity index (χ4v) is 2.52. The molecule has 0 aliphatic carbocycles. The summed E-state index contributed by atoms with van der Waals surface area (Å²) in [5.74, 6) is 0. The zero-order chi connectivity index (χ0) is 13.1. The van der Waals surface area contributed by atoms with Crippen molar-refractivity contribution in [1.29, 1.82) is 0 Å². The fraction of sp³-hybridized carbons (Fsp3) is 0.545. The summed E-state index contributed by atoms with van der Waals surface area (Å²) in [6.45, 7) is 6.07. The SMILES string of the molecule is CCc1nn(CC)c(Cn2cc(CN)nn2)c1Br. The van der Waals surface area contributed by atoms with Crippen LogP contribution in [0.15, 0.2) is 10.7 Å². The number of rotatable bonds is 5. The molecule has 0 unspecified atom stereocenters. The maximum atomic E-state index is 5.53. The molecule has 0 radical (unpaired) electrons. The van der Waals surface area contributed by atoms with Gasteiger partial charge in [-0.15, -0.1) is 5.10 Å². The van der Waals surface area contributed by atoms with Gasteiger partial charge in [0.2, 0.25) is 0 Å². The first kappa shape index (κ1) is 13.2. The quantitative estimate of drug-likeness (QED) is 0.903. The largest absolute Gasteiger partial charge is 0.325 e. The molecule has 0 saturated carbocycles. The van der Waals surface area contributed by atoms with Gasteiger partial charge in [0.1, 0.15) is 0 Å². The lowest BCUT2D eigenvalue weighted by Gasteiger charge is -2.04. The molecule has 6 nitrogen and oxygen atoms in total. The maximum Gasteiger partial charge on any atom is 0.0962 e. The second kappa shape index (κ2) is 5.62. The van der Waals surface area contributed by atoms with Crippen LogP contribution in [0.5, 0.6) is 0 Å². The molecule has 2 aromatic heterocycles. The molecule has 0 spiro atoms. The predicted molar refractivity (Wildman–Crippen MR) is 72.0 cm³/mol. The van der Waals surface area contributed by atoms with Gasteiger partial charge in [-0.3, -0.25) is 4.68 Å². The summed E-state index contributed by atoms with van der Waals surface area (Å²) in [6, 6.07) is 0. The van der Waals surface area contributed by atoms with Crippen LogP contribution < -0.4 is 5.73 Å². The van der Waals surface area contributed by atoms with Gasteiger partial charge in [0.05, 0.1) is 34.3 Å². The highest BCUT2D eigenvalue weighted by Crippen LogP contribution is 2.23. The summed E-state index contributed by atoms with van der Waals surface area (Å²) >= 11 is 3.61. The molecule has 2 heterocycles. The van der Waals surface area contributed by atoms with Gasteiger partial charge in [0, 0.05) is 13.1 Å². The molecular formula is C11H17BrN6. The van der Waals surface area contributed by atoms with E-state index in [0.29, 0.717) is 13.1 Å². The molecule has 0 bridgehead atoms. The van der Waals surface area contributed by atoms with E-state index in [9.17, 15) is 0 Å². The third-order valence-corrected chi connectivity index (χ3v) is 3.72. The topological polar surface area (TPSA) is 74.5 Å². The first-order chi connectivity index (χ1) is 8.69. The van der Waals surface area contributed by atoms with Gasteiger partial charge < -0.3 is 5.73 Å². The van der Waals surface area contributed by atoms with E-state index in [1.54, 1.807) is 4.68 Å². The van der Waals surface area contributed by atoms with Crippen LogP contribution in [0, 0.1) is 0 Å². The lowest BCUT2D eigenvalue weighted by atomic mass is 10.3. The van der Waals surface area contributed by atoms with Crippen molar-refractivity contribution in [2.45, 2.75) is 39.9 Å². The summed E-state index contributed by atoms with van der Waals surface area (Å²) < 4.78 is 4.85. The zero-order valence-corrected chi connectivity index (χ0v) is 12.2. The lowest BCUT2D eigenvalue weighted by Crippen LogP contribution is -2.09. The van der Waals surface area contributed by atoms with Crippen LogP contribution in [0.4, 0.5) is 0 Å². The lowest BCUT2D eigenvalue weighted by molar-refractivity contribution is 0.562. The number of hydrogen-bond donors (Lipinski definition) is 1. The molecule has 18 heavy (non-hydrogen) atoms. The van der Waals surface area contributed by atoms with E-state index < -0.39 is 0 Å². The van der Waals surface area contributed by atoms with Crippen molar-refractivity contribution in [2.75, 3.05) is 0 Å². The monoisotopic (exact) mass is 312 g/mol. The summed E-state index contributed by atoms with van der Waals surface area (Å²) in [5.41, 5.74) is 8.51. The van der Waals surface area contributed by atoms with Gasteiger partial charge in [0.25, 0.3) is 0 Å². The normalized spacial score (nSPS) is 11.1. The van der Waals surface area contributed by atoms with E-state index >= 15 is 0 Å². The Kier molecular flexibility index (Phi) is 4.13. The zero-order valence-electron chi connectivity index (χ0n) is 10.6. The molecule has 0 aliphatic rings. The highest BCUT2D eigenvalue weighted by molar-refractivity contribution is 9.10. The number of hydrogen-bond acceptors (Lipinski definition) is 4. The third-order valence-electron chi connectivity index (χ3n) is 2.80. The van der Waals surface area contributed by atoms with Crippen molar-refractivity contribution in [3.63, 3.8) is 0 Å². The second-order valence-electron chi connectivity index (χ2n) is 3.99. The van der Waals surface area contributed by atoms with Crippen LogP contribution in [-0.4, -0.2) is 24.8 Å². The van der Waals surface area contributed by atoms with Crippen LogP contribution in [-0.2, 0) is 26.1 Å². The van der Waals surface area contributed by atoms with Crippen LogP contribution in [0.2, 0.25) is 0 Å². The number of nitrogens with two attached hydrogens (primary N) is 1. The van der Waals surface area contributed by atoms with Gasteiger partial charge in [-0.05, 0) is 29.3 Å². The van der Waals surface area contributed by atoms with E-state index in [1.165, 1.54) is 0 Å². The van der Waals surface area contributed by atoms with Crippen LogP contribution in [0.1, 0.15) is 30.9 Å². The Hall–Kier alpha value is -1.21. The molecule has 0 saturated heterocycles. The number of aromatic nitrogens is 5. The Morgan fingerprint density at radius 2 is 2.17 bits per heavy atom. The van der Waals surface area contributed by atoms with Gasteiger partial charge in [-0.2, -0.15) is 5.10 Å². The highest BCUT2D eigenvalue weighted by atomic mass is 79.9. The van der Waals surface area contributed by atoms with Crippen molar-refractivity contribution in [3.8, 4) is 0 Å². The fourth-order valence-electron chi connectivity index (χ4n) is 1.83. The molecule has 0 aromatic carbocycles. The highest BCUT2D eigenvalue weighted by Gasteiger charge is 2.14. The van der Waals surface area contributed by atoms with Gasteiger partial charge in [0.15, 0.2) is 0 Å². The molecule has 0 amide bonds. The number of nitrogens with zero attached hydrogens (tertiary/aromatic N) is 5. The van der Waals surface area contributed by atoms with E-state index in [4.69, 9.17) is 5.73 Å². The minimum Gasteiger partial charge on any atom is -0.325 e. The molecular weight excluding hydrogens is 296 g/mol. The first-order valence-electron chi connectivity index (χ1n) is 6.02. The van der Waals surface area contributed by atoms with Crippen LogP contribution in [0.25, 0.3) is 0 Å². The Morgan fingerprint density at radius 1 is 1.39 bits per heavy atom. The standard InChI is InChI=1S/C11H17BrN6/c1-3-9-11(12)10(18(4-2)15-9)7-17-6-8(5-13)14-16-17/h6H,3-5,7,13H2,1-2H3. The number of halogens is 1. The Labute approximate surface area is 114 Å². The van der Waals surface area contributed by atoms with E-state index in [-0.39, 0.29) is 0 Å². The van der Waals surface area contributed by atoms with Crippen molar-refractivity contribution in [1.82, 2.24) is 24.8 Å². The summed E-state index contributed by atoms with van der Waals surface area (Å²) in [7, 11) is 0. The average molecular weight is 313 g/mol. The van der Waals surface area contributed by atoms with Crippen molar-refractivity contribution < 1.29 is 0 Å².